The van der Waals surface area contributed by atoms with Crippen molar-refractivity contribution in [1.29, 1.82) is 0 Å². The van der Waals surface area contributed by atoms with E-state index in [0.29, 0.717) is 11.8 Å². The molecule has 6 heteroatoms. The van der Waals surface area contributed by atoms with Gasteiger partial charge in [0.05, 0.1) is 7.11 Å². The Labute approximate surface area is 226 Å². The molecule has 0 aromatic heterocycles. The number of hydrogen-bond donors (Lipinski definition) is 1. The SMILES string of the molecule is COC(=O)COC1=C(C)C2=CC=C3[C@@H]4CC[C@@]5(C)CC[C@@](C)(C(N)=O)C[C@H]5[C@](C)(CC[C@@]3(C)C2=CC1=O)C4. The standard InChI is InChI=1S/C32H43NO5/c1-19-21-7-8-22-20-9-10-29(2)11-12-31(4,28(33)36)17-25(29)30(3,16-20)13-14-32(22,5)23(21)15-24(34)27(19)38-18-26(35)37-6/h7-8,15,20,25H,9-14,16-18H2,1-6H3,(H2,33,36)/t20-,25-,29+,30-,31-,32-/m1/s1. The maximum Gasteiger partial charge on any atom is 0.343 e. The van der Waals surface area contributed by atoms with Crippen LogP contribution in [-0.4, -0.2) is 31.4 Å². The summed E-state index contributed by atoms with van der Waals surface area (Å²) < 4.78 is 10.3. The first kappa shape index (κ1) is 27.0. The summed E-state index contributed by atoms with van der Waals surface area (Å²) in [6.45, 7) is 10.9. The molecule has 0 aromatic rings. The summed E-state index contributed by atoms with van der Waals surface area (Å²) in [4.78, 5) is 37.4. The molecule has 0 heterocycles. The van der Waals surface area contributed by atoms with Crippen LogP contribution in [-0.2, 0) is 23.9 Å². The summed E-state index contributed by atoms with van der Waals surface area (Å²) >= 11 is 0. The predicted molar refractivity (Wildman–Crippen MR) is 145 cm³/mol. The van der Waals surface area contributed by atoms with Gasteiger partial charge < -0.3 is 15.2 Å². The van der Waals surface area contributed by atoms with Gasteiger partial charge in [-0.2, -0.15) is 0 Å². The lowest BCUT2D eigenvalue weighted by Gasteiger charge is -2.54. The number of nitrogens with two attached hydrogens (primary N) is 1. The van der Waals surface area contributed by atoms with Crippen molar-refractivity contribution in [2.45, 2.75) is 86.0 Å². The van der Waals surface area contributed by atoms with Crippen molar-refractivity contribution in [3.8, 4) is 0 Å². The summed E-state index contributed by atoms with van der Waals surface area (Å²) in [6, 6.07) is 0. The molecule has 2 N–H and O–H groups in total. The van der Waals surface area contributed by atoms with Gasteiger partial charge in [-0.1, -0.05) is 45.4 Å². The molecule has 1 amide bonds. The molecule has 6 atom stereocenters. The van der Waals surface area contributed by atoms with Crippen LogP contribution in [0.3, 0.4) is 0 Å². The smallest absolute Gasteiger partial charge is 0.343 e. The maximum absolute atomic E-state index is 13.3. The topological polar surface area (TPSA) is 95.7 Å². The molecular weight excluding hydrogens is 478 g/mol. The molecule has 0 radical (unpaired) electrons. The normalized spacial score (nSPS) is 40.3. The highest BCUT2D eigenvalue weighted by Crippen LogP contribution is 2.67. The quantitative estimate of drug-likeness (QED) is 0.477. The van der Waals surface area contributed by atoms with Gasteiger partial charge in [-0.3, -0.25) is 9.59 Å². The molecule has 0 unspecified atom stereocenters. The number of carbonyl (C=O) groups excluding carboxylic acids is 3. The van der Waals surface area contributed by atoms with Crippen molar-refractivity contribution in [2.24, 2.45) is 39.2 Å². The number of hydrogen-bond acceptors (Lipinski definition) is 5. The molecule has 6 nitrogen and oxygen atoms in total. The zero-order chi connectivity index (χ0) is 27.7. The number of ether oxygens (including phenoxy) is 2. The van der Waals surface area contributed by atoms with Gasteiger partial charge in [-0.25, -0.2) is 4.79 Å². The van der Waals surface area contributed by atoms with Gasteiger partial charge in [0.2, 0.25) is 11.7 Å². The van der Waals surface area contributed by atoms with Gasteiger partial charge >= 0.3 is 5.97 Å². The highest BCUT2D eigenvalue weighted by Gasteiger charge is 2.58. The van der Waals surface area contributed by atoms with Crippen molar-refractivity contribution in [2.75, 3.05) is 13.7 Å². The molecule has 5 aliphatic rings. The number of rotatable bonds is 4. The third kappa shape index (κ3) is 4.01. The van der Waals surface area contributed by atoms with Gasteiger partial charge in [0.25, 0.3) is 0 Å². The van der Waals surface area contributed by atoms with Gasteiger partial charge in [0.1, 0.15) is 0 Å². The number of primary amides is 1. The van der Waals surface area contributed by atoms with Crippen LogP contribution in [0, 0.1) is 33.5 Å². The number of fused-ring (bicyclic) bond motifs is 8. The van der Waals surface area contributed by atoms with Gasteiger partial charge in [-0.15, -0.1) is 0 Å². The zero-order valence-corrected chi connectivity index (χ0v) is 23.9. The fraction of sp³-hybridized carbons (Fsp3) is 0.656. The fourth-order valence-corrected chi connectivity index (χ4v) is 8.74. The van der Waals surface area contributed by atoms with Gasteiger partial charge in [-0.05, 0) is 98.2 Å². The summed E-state index contributed by atoms with van der Waals surface area (Å²) in [7, 11) is 1.31. The van der Waals surface area contributed by atoms with E-state index in [1.165, 1.54) is 12.7 Å². The van der Waals surface area contributed by atoms with Crippen molar-refractivity contribution in [1.82, 2.24) is 0 Å². The van der Waals surface area contributed by atoms with E-state index in [1.54, 1.807) is 6.08 Å². The van der Waals surface area contributed by atoms with Crippen LogP contribution in [0.1, 0.15) is 86.0 Å². The van der Waals surface area contributed by atoms with Gasteiger partial charge in [0.15, 0.2) is 12.4 Å². The van der Waals surface area contributed by atoms with Crippen LogP contribution in [0.5, 0.6) is 0 Å². The lowest BCUT2D eigenvalue weighted by molar-refractivity contribution is -0.144. The van der Waals surface area contributed by atoms with Crippen LogP contribution in [0.4, 0.5) is 0 Å². The number of methoxy groups -OCH3 is 1. The zero-order valence-electron chi connectivity index (χ0n) is 23.9. The minimum Gasteiger partial charge on any atom is -0.477 e. The molecule has 0 aliphatic heterocycles. The van der Waals surface area contributed by atoms with E-state index >= 15 is 0 Å². The Kier molecular flexibility index (Phi) is 6.35. The van der Waals surface area contributed by atoms with E-state index in [9.17, 15) is 14.4 Å². The van der Waals surface area contributed by atoms with Crippen molar-refractivity contribution >= 4 is 17.7 Å². The van der Waals surface area contributed by atoms with Crippen LogP contribution < -0.4 is 5.73 Å². The van der Waals surface area contributed by atoms with Crippen molar-refractivity contribution in [3.05, 3.63) is 46.3 Å². The van der Waals surface area contributed by atoms with Crippen molar-refractivity contribution in [3.63, 3.8) is 0 Å². The van der Waals surface area contributed by atoms with Crippen LogP contribution in [0.2, 0.25) is 0 Å². The van der Waals surface area contributed by atoms with E-state index in [-0.39, 0.29) is 40.3 Å². The number of carbonyl (C=O) groups is 3. The molecule has 0 spiro atoms. The lowest BCUT2D eigenvalue weighted by atomic mass is 9.50. The minimum atomic E-state index is -0.512. The molecule has 5 aliphatic carbocycles. The first-order chi connectivity index (χ1) is 17.8. The number of amides is 1. The summed E-state index contributed by atoms with van der Waals surface area (Å²) in [5.41, 5.74) is 9.89. The highest BCUT2D eigenvalue weighted by molar-refractivity contribution is 6.07. The summed E-state index contributed by atoms with van der Waals surface area (Å²) in [5.74, 6) is 0.240. The van der Waals surface area contributed by atoms with Crippen LogP contribution in [0.25, 0.3) is 0 Å². The Hall–Kier alpha value is -2.63. The first-order valence-electron chi connectivity index (χ1n) is 14.2. The Morgan fingerprint density at radius 2 is 1.71 bits per heavy atom. The molecule has 0 aromatic carbocycles. The number of allylic oxidation sites excluding steroid dienone is 7. The Morgan fingerprint density at radius 3 is 2.39 bits per heavy atom. The average Bonchev–Trinajstić information content (AvgIpc) is 3.06. The highest BCUT2D eigenvalue weighted by atomic mass is 16.6. The largest absolute Gasteiger partial charge is 0.477 e. The Balaban J connectivity index is 1.52. The molecule has 3 saturated carbocycles. The Morgan fingerprint density at radius 1 is 1.00 bits per heavy atom. The van der Waals surface area contributed by atoms with E-state index in [1.807, 2.05) is 6.92 Å². The minimum absolute atomic E-state index is 0.0906. The van der Waals surface area contributed by atoms with Crippen LogP contribution >= 0.6 is 0 Å². The summed E-state index contributed by atoms with van der Waals surface area (Å²) in [5, 5.41) is 0. The van der Waals surface area contributed by atoms with Crippen LogP contribution in [0.15, 0.2) is 46.3 Å². The third-order valence-electron chi connectivity index (χ3n) is 11.3. The predicted octanol–water partition coefficient (Wildman–Crippen LogP) is 5.73. The molecule has 0 saturated heterocycles. The lowest BCUT2D eigenvalue weighted by Crippen LogP contribution is -2.50. The van der Waals surface area contributed by atoms with E-state index < -0.39 is 11.4 Å². The molecular formula is C32H43NO5. The van der Waals surface area contributed by atoms with E-state index in [4.69, 9.17) is 10.5 Å². The molecule has 5 rings (SSSR count). The van der Waals surface area contributed by atoms with Crippen molar-refractivity contribution < 1.29 is 23.9 Å². The Bertz CT molecular complexity index is 1220. The maximum atomic E-state index is 13.3. The summed E-state index contributed by atoms with van der Waals surface area (Å²) in [6.07, 6.45) is 14.4. The molecule has 38 heavy (non-hydrogen) atoms. The number of ketones is 1. The monoisotopic (exact) mass is 521 g/mol. The second-order valence-corrected chi connectivity index (χ2v) is 13.7. The fourth-order valence-electron chi connectivity index (χ4n) is 8.74. The molecule has 206 valence electrons. The average molecular weight is 522 g/mol. The van der Waals surface area contributed by atoms with E-state index in [0.717, 1.165) is 68.1 Å². The second kappa shape index (κ2) is 8.96. The molecule has 3 fully saturated rings. The second-order valence-electron chi connectivity index (χ2n) is 13.7. The molecule has 2 bridgehead atoms. The number of esters is 1. The first-order valence-corrected chi connectivity index (χ1v) is 14.2. The third-order valence-corrected chi connectivity index (χ3v) is 11.3. The van der Waals surface area contributed by atoms with Gasteiger partial charge in [0, 0.05) is 16.4 Å². The van der Waals surface area contributed by atoms with E-state index in [2.05, 4.69) is 44.6 Å².